The molecular weight excluding hydrogens is 600 g/mol. The van der Waals surface area contributed by atoms with E-state index in [0.717, 1.165) is 22.3 Å². The quantitative estimate of drug-likeness (QED) is 0.217. The molecule has 0 spiro atoms. The van der Waals surface area contributed by atoms with E-state index in [0.29, 0.717) is 17.7 Å². The number of hydrogen-bond donors (Lipinski definition) is 1. The molecule has 1 saturated carbocycles. The molecule has 0 bridgehead atoms. The molecule has 4 atom stereocenters. The van der Waals surface area contributed by atoms with Gasteiger partial charge in [0.1, 0.15) is 29.5 Å². The third-order valence-electron chi connectivity index (χ3n) is 9.12. The monoisotopic (exact) mass is 632 g/mol. The van der Waals surface area contributed by atoms with Crippen molar-refractivity contribution in [2.75, 3.05) is 7.11 Å². The second kappa shape index (κ2) is 12.1. The van der Waals surface area contributed by atoms with Crippen molar-refractivity contribution in [1.82, 2.24) is 10.2 Å². The van der Waals surface area contributed by atoms with Crippen LogP contribution in [-0.4, -0.2) is 50.7 Å². The van der Waals surface area contributed by atoms with Crippen LogP contribution < -0.4 is 10.1 Å². The number of nitrogens with zero attached hydrogens (tertiary/aromatic N) is 1. The predicted molar refractivity (Wildman–Crippen MR) is 173 cm³/mol. The van der Waals surface area contributed by atoms with Gasteiger partial charge in [0.2, 0.25) is 5.91 Å². The van der Waals surface area contributed by atoms with Gasteiger partial charge in [-0.05, 0) is 46.4 Å². The lowest BCUT2D eigenvalue weighted by Crippen LogP contribution is -2.77. The van der Waals surface area contributed by atoms with Gasteiger partial charge in [0.05, 0.1) is 29.6 Å². The number of methoxy groups -OCH3 is 1. The SMILES string of the molecule is COc1ccc(COC(=O)C2=C3CC(c4ccccc4)(c4ccccc4)[C@@H]3S(=O)C3[C@H](NC(=O)Cc4ccccc4)C(=O)N23)cc1. The maximum atomic E-state index is 14.7. The summed E-state index contributed by atoms with van der Waals surface area (Å²) < 4.78 is 25.7. The first-order valence-electron chi connectivity index (χ1n) is 15.1. The summed E-state index contributed by atoms with van der Waals surface area (Å²) in [5, 5.41) is 1.30. The molecule has 2 heterocycles. The zero-order valence-corrected chi connectivity index (χ0v) is 25.9. The van der Waals surface area contributed by atoms with Crippen molar-refractivity contribution in [2.24, 2.45) is 0 Å². The van der Waals surface area contributed by atoms with Gasteiger partial charge in [-0.2, -0.15) is 0 Å². The third kappa shape index (κ3) is 4.91. The highest BCUT2D eigenvalue weighted by Crippen LogP contribution is 2.60. The number of amides is 2. The number of nitrogens with one attached hydrogen (secondary N) is 1. The van der Waals surface area contributed by atoms with Crippen LogP contribution in [0.2, 0.25) is 0 Å². The van der Waals surface area contributed by atoms with Gasteiger partial charge in [-0.3, -0.25) is 18.7 Å². The van der Waals surface area contributed by atoms with Crippen LogP contribution in [0.5, 0.6) is 5.75 Å². The maximum Gasteiger partial charge on any atom is 0.355 e. The number of esters is 1. The van der Waals surface area contributed by atoms with Gasteiger partial charge in [0.15, 0.2) is 0 Å². The number of β-lactam (4-membered cyclic amide) rings is 1. The Morgan fingerprint density at radius 2 is 1.43 bits per heavy atom. The van der Waals surface area contributed by atoms with Crippen LogP contribution in [0.1, 0.15) is 28.7 Å². The van der Waals surface area contributed by atoms with Crippen molar-refractivity contribution >= 4 is 28.6 Å². The number of carbonyl (C=O) groups is 3. The van der Waals surface area contributed by atoms with Crippen LogP contribution in [0.25, 0.3) is 0 Å². The molecule has 1 aliphatic carbocycles. The minimum absolute atomic E-state index is 0.0141. The van der Waals surface area contributed by atoms with Crippen LogP contribution in [0.3, 0.4) is 0 Å². The molecule has 2 aliphatic heterocycles. The smallest absolute Gasteiger partial charge is 0.355 e. The second-order valence-electron chi connectivity index (χ2n) is 11.7. The minimum Gasteiger partial charge on any atom is -0.497 e. The summed E-state index contributed by atoms with van der Waals surface area (Å²) in [7, 11) is -0.0933. The summed E-state index contributed by atoms with van der Waals surface area (Å²) in [6, 6.07) is 35.1. The molecule has 2 amide bonds. The molecular formula is C37H32N2O6S. The normalized spacial score (nSPS) is 22.5. The number of hydrogen-bond acceptors (Lipinski definition) is 6. The minimum atomic E-state index is -1.67. The Morgan fingerprint density at radius 3 is 2.02 bits per heavy atom. The standard InChI is InChI=1S/C37H32N2O6S/c1-44-28-19-17-25(18-20-28)23-45-36(42)32-29-22-37(26-13-7-3-8-14-26,27-15-9-4-10-16-27)33(29)46(43)35-31(34(41)39(32)35)38-30(40)21-24-11-5-2-6-12-24/h2-20,31,33,35H,21-23H2,1H3,(H,38,40)/t31-,33-,35?,46?/m1/s1. The summed E-state index contributed by atoms with van der Waals surface area (Å²) in [6.45, 7) is -0.0141. The molecule has 2 fully saturated rings. The van der Waals surface area contributed by atoms with E-state index in [1.54, 1.807) is 31.4 Å². The summed E-state index contributed by atoms with van der Waals surface area (Å²) in [5.41, 5.74) is 3.55. The van der Waals surface area contributed by atoms with Crippen molar-refractivity contribution in [3.63, 3.8) is 0 Å². The molecule has 4 aromatic rings. The molecule has 232 valence electrons. The molecule has 7 rings (SSSR count). The zero-order chi connectivity index (χ0) is 31.8. The fourth-order valence-electron chi connectivity index (χ4n) is 6.88. The van der Waals surface area contributed by atoms with E-state index < -0.39 is 44.8 Å². The fourth-order valence-corrected chi connectivity index (χ4v) is 9.26. The van der Waals surface area contributed by atoms with Crippen LogP contribution >= 0.6 is 0 Å². The Morgan fingerprint density at radius 1 is 0.848 bits per heavy atom. The molecule has 1 saturated heterocycles. The molecule has 1 N–H and O–H groups in total. The Bertz CT molecular complexity index is 1800. The van der Waals surface area contributed by atoms with E-state index in [9.17, 15) is 18.6 Å². The van der Waals surface area contributed by atoms with E-state index >= 15 is 0 Å². The summed E-state index contributed by atoms with van der Waals surface area (Å²) in [5.74, 6) is -0.807. The van der Waals surface area contributed by atoms with Gasteiger partial charge in [-0.25, -0.2) is 4.79 Å². The molecule has 8 nitrogen and oxygen atoms in total. The summed E-state index contributed by atoms with van der Waals surface area (Å²) in [6.07, 6.45) is 0.467. The molecule has 46 heavy (non-hydrogen) atoms. The molecule has 9 heteroatoms. The lowest BCUT2D eigenvalue weighted by atomic mass is 9.57. The second-order valence-corrected chi connectivity index (χ2v) is 13.3. The highest BCUT2D eigenvalue weighted by molar-refractivity contribution is 7.87. The van der Waals surface area contributed by atoms with E-state index in [1.165, 1.54) is 4.90 Å². The summed E-state index contributed by atoms with van der Waals surface area (Å²) in [4.78, 5) is 42.0. The van der Waals surface area contributed by atoms with Gasteiger partial charge in [0.25, 0.3) is 5.91 Å². The first-order valence-corrected chi connectivity index (χ1v) is 16.4. The zero-order valence-electron chi connectivity index (χ0n) is 25.1. The van der Waals surface area contributed by atoms with Crippen LogP contribution in [0, 0.1) is 0 Å². The van der Waals surface area contributed by atoms with Gasteiger partial charge < -0.3 is 14.8 Å². The lowest BCUT2D eigenvalue weighted by molar-refractivity contribution is -0.154. The first-order chi connectivity index (χ1) is 22.4. The maximum absolute atomic E-state index is 14.7. The van der Waals surface area contributed by atoms with Gasteiger partial charge in [0, 0.05) is 5.41 Å². The lowest BCUT2D eigenvalue weighted by Gasteiger charge is -2.60. The van der Waals surface area contributed by atoms with Gasteiger partial charge >= 0.3 is 5.97 Å². The van der Waals surface area contributed by atoms with Crippen molar-refractivity contribution in [3.8, 4) is 5.75 Å². The first kappa shape index (κ1) is 29.7. The number of ether oxygens (including phenoxy) is 2. The predicted octanol–water partition coefficient (Wildman–Crippen LogP) is 4.41. The Balaban J connectivity index is 1.25. The average Bonchev–Trinajstić information content (AvgIpc) is 3.08. The van der Waals surface area contributed by atoms with Gasteiger partial charge in [-0.1, -0.05) is 103 Å². The molecule has 4 aromatic carbocycles. The fraction of sp³-hybridized carbons (Fsp3) is 0.216. The largest absolute Gasteiger partial charge is 0.497 e. The van der Waals surface area contributed by atoms with Gasteiger partial charge in [-0.15, -0.1) is 0 Å². The Labute approximate surface area is 269 Å². The van der Waals surface area contributed by atoms with E-state index in [-0.39, 0.29) is 24.6 Å². The average molecular weight is 633 g/mol. The van der Waals surface area contributed by atoms with E-state index in [2.05, 4.69) is 5.32 Å². The number of carbonyl (C=O) groups excluding carboxylic acids is 3. The number of benzene rings is 4. The molecule has 0 radical (unpaired) electrons. The molecule has 2 unspecified atom stereocenters. The van der Waals surface area contributed by atoms with Crippen LogP contribution in [-0.2, 0) is 48.4 Å². The van der Waals surface area contributed by atoms with Crippen molar-refractivity contribution < 1.29 is 28.1 Å². The van der Waals surface area contributed by atoms with E-state index in [4.69, 9.17) is 9.47 Å². The van der Waals surface area contributed by atoms with Crippen molar-refractivity contribution in [1.29, 1.82) is 0 Å². The highest BCUT2D eigenvalue weighted by Gasteiger charge is 2.68. The van der Waals surface area contributed by atoms with Crippen LogP contribution in [0.4, 0.5) is 0 Å². The van der Waals surface area contributed by atoms with Crippen LogP contribution in [0.15, 0.2) is 127 Å². The third-order valence-corrected chi connectivity index (χ3v) is 11.2. The Hall–Kier alpha value is -5.02. The highest BCUT2D eigenvalue weighted by atomic mass is 32.2. The number of rotatable bonds is 9. The number of fused-ring (bicyclic) bond motifs is 2. The molecule has 3 aliphatic rings. The van der Waals surface area contributed by atoms with Crippen molar-refractivity contribution in [2.45, 2.75) is 41.5 Å². The van der Waals surface area contributed by atoms with E-state index in [1.807, 2.05) is 91.0 Å². The van der Waals surface area contributed by atoms with Crippen molar-refractivity contribution in [3.05, 3.63) is 149 Å². The molecule has 0 aromatic heterocycles. The Kier molecular flexibility index (Phi) is 7.78. The summed E-state index contributed by atoms with van der Waals surface area (Å²) >= 11 is 0. The topological polar surface area (TPSA) is 102 Å².